The summed E-state index contributed by atoms with van der Waals surface area (Å²) in [6.45, 7) is 9.29. The van der Waals surface area contributed by atoms with Gasteiger partial charge in [0.2, 0.25) is 0 Å². The smallest absolute Gasteiger partial charge is 0.313 e. The van der Waals surface area contributed by atoms with Crippen LogP contribution >= 0.6 is 9.24 Å². The predicted octanol–water partition coefficient (Wildman–Crippen LogP) is 4.52. The third-order valence-corrected chi connectivity index (χ3v) is 4.56. The van der Waals surface area contributed by atoms with Crippen LogP contribution in [0.4, 0.5) is 0 Å². The zero-order valence-electron chi connectivity index (χ0n) is 19.7. The first-order valence-corrected chi connectivity index (χ1v) is 10.1. The molecule has 0 saturated carbocycles. The second-order valence-electron chi connectivity index (χ2n) is 6.29. The van der Waals surface area contributed by atoms with Crippen molar-refractivity contribution < 1.29 is 57.4 Å². The van der Waals surface area contributed by atoms with Crippen LogP contribution in [0.5, 0.6) is 0 Å². The molecule has 2 unspecified atom stereocenters. The SMILES string of the molecule is CP.Cc1cccc(C(CO)C(=O)O)c1C.Cc1cccc(CC(=O)O)c1C.[2H]C.[U]. The molecular formula is C23H35O5PU. The van der Waals surface area contributed by atoms with E-state index in [1.807, 2.05) is 64.7 Å². The van der Waals surface area contributed by atoms with Crippen LogP contribution in [0, 0.1) is 58.8 Å². The molecule has 166 valence electrons. The standard InChI is InChI=1S/C11H14O3.C10H12O2.CH5P.CH4.U/c1-7-4-3-5-9(8(7)2)10(6-12)11(13)14;1-7-4-3-5-9(8(7)2)6-10(11)12;1-2;;/h3-5,10,12H,6H2,1-2H3,(H,13,14);3-5H,6H2,1-2H3,(H,11,12);2H2,1H3;1H4;/i;;;1D;. The van der Waals surface area contributed by atoms with E-state index in [1.165, 1.54) is 7.40 Å². The van der Waals surface area contributed by atoms with Gasteiger partial charge in [-0.15, -0.1) is 9.24 Å². The van der Waals surface area contributed by atoms with Gasteiger partial charge in [-0.3, -0.25) is 9.59 Å². The Bertz CT molecular complexity index is 800. The van der Waals surface area contributed by atoms with Crippen LogP contribution in [0.1, 0.15) is 48.1 Å². The maximum Gasteiger partial charge on any atom is 0.313 e. The molecule has 0 aliphatic heterocycles. The number of hydrogen-bond acceptors (Lipinski definition) is 3. The van der Waals surface area contributed by atoms with Crippen molar-refractivity contribution in [2.75, 3.05) is 13.3 Å². The largest absolute Gasteiger partial charge is 0.481 e. The van der Waals surface area contributed by atoms with Crippen LogP contribution in [-0.2, 0) is 16.0 Å². The minimum atomic E-state index is -0.985. The molecule has 0 radical (unpaired) electrons. The molecule has 0 spiro atoms. The van der Waals surface area contributed by atoms with Crippen molar-refractivity contribution in [3.8, 4) is 0 Å². The molecule has 3 N–H and O–H groups in total. The Kier molecular flexibility index (Phi) is 18.1. The molecule has 2 rings (SSSR count). The van der Waals surface area contributed by atoms with Crippen molar-refractivity contribution in [3.63, 3.8) is 0 Å². The maximum absolute atomic E-state index is 10.8. The molecule has 0 aromatic heterocycles. The summed E-state index contributed by atoms with van der Waals surface area (Å²) in [4.78, 5) is 21.3. The van der Waals surface area contributed by atoms with Crippen molar-refractivity contribution >= 4 is 21.2 Å². The van der Waals surface area contributed by atoms with E-state index in [9.17, 15) is 9.59 Å². The number of carboxylic acid groups (broad SMARTS) is 2. The van der Waals surface area contributed by atoms with Crippen LogP contribution < -0.4 is 0 Å². The predicted molar refractivity (Wildman–Crippen MR) is 123 cm³/mol. The Hall–Kier alpha value is -1.18. The summed E-state index contributed by atoms with van der Waals surface area (Å²) in [6, 6.07) is 11.2. The Morgan fingerprint density at radius 3 is 1.87 bits per heavy atom. The number of aliphatic carboxylic acids is 2. The van der Waals surface area contributed by atoms with Gasteiger partial charge in [0, 0.05) is 32.5 Å². The normalized spacial score (nSPS) is 10.2. The Morgan fingerprint density at radius 2 is 1.43 bits per heavy atom. The summed E-state index contributed by atoms with van der Waals surface area (Å²) in [5.41, 5.74) is 5.81. The molecule has 5 nitrogen and oxygen atoms in total. The first-order chi connectivity index (χ1) is 14.2. The molecule has 2 atom stereocenters. The van der Waals surface area contributed by atoms with Crippen molar-refractivity contribution in [2.45, 2.75) is 47.4 Å². The van der Waals surface area contributed by atoms with Gasteiger partial charge >= 0.3 is 11.9 Å². The summed E-state index contributed by atoms with van der Waals surface area (Å²) in [6.07, 6.45) is 0.119. The summed E-state index contributed by atoms with van der Waals surface area (Å²) in [5, 5.41) is 26.4. The van der Waals surface area contributed by atoms with Gasteiger partial charge in [-0.05, 0) is 61.1 Å². The quantitative estimate of drug-likeness (QED) is 0.410. The number of carboxylic acids is 2. The summed E-state index contributed by atoms with van der Waals surface area (Å²) < 4.78 is 5.75. The number of aliphatic hydroxyl groups excluding tert-OH is 1. The Labute approximate surface area is 208 Å². The Morgan fingerprint density at radius 1 is 0.967 bits per heavy atom. The van der Waals surface area contributed by atoms with E-state index in [0.29, 0.717) is 5.56 Å². The number of aryl methyl sites for hydroxylation is 2. The number of aliphatic hydroxyl groups is 1. The molecular weight excluding hydrogens is 625 g/mol. The average molecular weight is 662 g/mol. The second-order valence-corrected chi connectivity index (χ2v) is 6.29. The number of hydrogen-bond donors (Lipinski definition) is 3. The number of carbonyl (C=O) groups is 2. The first kappa shape index (κ1) is 31.0. The van der Waals surface area contributed by atoms with E-state index >= 15 is 0 Å². The first-order valence-electron chi connectivity index (χ1n) is 9.93. The van der Waals surface area contributed by atoms with Crippen LogP contribution in [0.2, 0.25) is 0 Å². The van der Waals surface area contributed by atoms with Gasteiger partial charge in [-0.1, -0.05) is 50.5 Å². The van der Waals surface area contributed by atoms with Gasteiger partial charge in [0.05, 0.1) is 13.0 Å². The molecule has 0 bridgehead atoms. The molecule has 0 fully saturated rings. The van der Waals surface area contributed by atoms with Gasteiger partial charge in [-0.2, -0.15) is 0 Å². The molecule has 0 amide bonds. The molecule has 0 aliphatic carbocycles. The number of rotatable bonds is 5. The third kappa shape index (κ3) is 10.7. The zero-order chi connectivity index (χ0) is 23.9. The zero-order valence-corrected chi connectivity index (χ0v) is 24.0. The van der Waals surface area contributed by atoms with Gasteiger partial charge < -0.3 is 15.3 Å². The van der Waals surface area contributed by atoms with E-state index < -0.39 is 17.9 Å². The summed E-state index contributed by atoms with van der Waals surface area (Å²) in [7, 11) is 3.67. The fraction of sp³-hybridized carbons (Fsp3) is 0.391. The van der Waals surface area contributed by atoms with E-state index in [-0.39, 0.29) is 44.1 Å². The van der Waals surface area contributed by atoms with E-state index in [0.717, 1.165) is 27.8 Å². The summed E-state index contributed by atoms with van der Waals surface area (Å²) in [5.74, 6) is -2.57. The van der Waals surface area contributed by atoms with Crippen molar-refractivity contribution in [2.24, 2.45) is 0 Å². The average Bonchev–Trinajstić information content (AvgIpc) is 2.72. The third-order valence-electron chi connectivity index (χ3n) is 4.56. The van der Waals surface area contributed by atoms with Gasteiger partial charge in [0.15, 0.2) is 0 Å². The molecule has 0 saturated heterocycles. The fourth-order valence-electron chi connectivity index (χ4n) is 2.63. The minimum Gasteiger partial charge on any atom is -0.481 e. The second kappa shape index (κ2) is 17.5. The Balaban J connectivity index is -0.000000427. The number of benzene rings is 2. The van der Waals surface area contributed by atoms with Crippen molar-refractivity contribution in [3.05, 3.63) is 69.8 Å². The van der Waals surface area contributed by atoms with E-state index in [1.54, 1.807) is 6.07 Å². The van der Waals surface area contributed by atoms with Gasteiger partial charge in [0.1, 0.15) is 5.92 Å². The van der Waals surface area contributed by atoms with Crippen LogP contribution in [0.3, 0.4) is 0 Å². The molecule has 30 heavy (non-hydrogen) atoms. The topological polar surface area (TPSA) is 94.8 Å². The molecule has 2 aromatic rings. The molecule has 0 heterocycles. The van der Waals surface area contributed by atoms with Crippen LogP contribution in [0.15, 0.2) is 36.4 Å². The minimum absolute atomic E-state index is 0. The molecule has 2 aromatic carbocycles. The van der Waals surface area contributed by atoms with Gasteiger partial charge in [-0.25, -0.2) is 0 Å². The van der Waals surface area contributed by atoms with E-state index in [2.05, 4.69) is 9.24 Å². The maximum atomic E-state index is 10.8. The molecule has 7 heteroatoms. The molecule has 0 aliphatic rings. The van der Waals surface area contributed by atoms with Crippen molar-refractivity contribution in [1.82, 2.24) is 0 Å². The van der Waals surface area contributed by atoms with Gasteiger partial charge in [0.25, 0.3) is 0 Å². The van der Waals surface area contributed by atoms with Crippen LogP contribution in [0.25, 0.3) is 0 Å². The monoisotopic (exact) mass is 661 g/mol. The fourth-order valence-corrected chi connectivity index (χ4v) is 2.63. The van der Waals surface area contributed by atoms with E-state index in [4.69, 9.17) is 16.7 Å². The summed E-state index contributed by atoms with van der Waals surface area (Å²) >= 11 is 0. The van der Waals surface area contributed by atoms with Crippen molar-refractivity contribution in [1.29, 1.82) is 0 Å². The van der Waals surface area contributed by atoms with Crippen LogP contribution in [-0.4, -0.2) is 40.5 Å².